The molecule has 0 bridgehead atoms. The predicted octanol–water partition coefficient (Wildman–Crippen LogP) is 13.8. The van der Waals surface area contributed by atoms with Gasteiger partial charge in [0.05, 0.1) is 5.92 Å². The Kier molecular flexibility index (Phi) is 25.3. The minimum atomic E-state index is 0.666. The number of rotatable bonds is 32. The second-order valence-electron chi connectivity index (χ2n) is 14.1. The molecule has 0 fully saturated rings. The minimum absolute atomic E-state index is 0.666. The highest BCUT2D eigenvalue weighted by Gasteiger charge is 2.22. The molecule has 0 aliphatic heterocycles. The number of benzene rings is 1. The first-order chi connectivity index (χ1) is 21.8. The summed E-state index contributed by atoms with van der Waals surface area (Å²) in [6, 6.07) is 11.0. The van der Waals surface area contributed by atoms with E-state index in [2.05, 4.69) is 66.1 Å². The molecule has 0 radical (unpaired) electrons. The Bertz CT molecular complexity index is 840. The maximum absolute atomic E-state index is 3.69. The highest BCUT2D eigenvalue weighted by atomic mass is 15.1. The van der Waals surface area contributed by atoms with Crippen LogP contribution in [0.2, 0.25) is 0 Å². The molecular formula is C42H75N2+. The lowest BCUT2D eigenvalue weighted by atomic mass is 9.93. The molecular weight excluding hydrogens is 532 g/mol. The molecule has 1 aromatic carbocycles. The maximum atomic E-state index is 3.69. The summed E-state index contributed by atoms with van der Waals surface area (Å²) in [5.74, 6) is 2.13. The first-order valence-corrected chi connectivity index (χ1v) is 20.0. The molecule has 2 heteroatoms. The van der Waals surface area contributed by atoms with Crippen LogP contribution in [-0.4, -0.2) is 4.98 Å². The average Bonchev–Trinajstić information content (AvgIpc) is 3.50. The molecule has 0 aliphatic carbocycles. The summed E-state index contributed by atoms with van der Waals surface area (Å²) in [6.45, 7) is 5.60. The number of nitrogens with one attached hydrogen (secondary N) is 1. The topological polar surface area (TPSA) is 19.7 Å². The zero-order valence-electron chi connectivity index (χ0n) is 29.8. The molecule has 0 aliphatic rings. The van der Waals surface area contributed by atoms with Crippen LogP contribution in [0.5, 0.6) is 0 Å². The van der Waals surface area contributed by atoms with Crippen LogP contribution in [-0.2, 0) is 6.54 Å². The lowest BCUT2D eigenvalue weighted by molar-refractivity contribution is -0.695. The third-order valence-corrected chi connectivity index (χ3v) is 9.94. The van der Waals surface area contributed by atoms with Crippen molar-refractivity contribution in [2.75, 3.05) is 0 Å². The van der Waals surface area contributed by atoms with Crippen LogP contribution in [0.15, 0.2) is 42.7 Å². The number of imidazole rings is 1. The summed E-state index contributed by atoms with van der Waals surface area (Å²) in [4.78, 5) is 3.69. The van der Waals surface area contributed by atoms with Crippen molar-refractivity contribution in [1.82, 2.24) is 4.98 Å². The number of nitrogens with zero attached hydrogens (tertiary/aromatic N) is 1. The molecule has 0 saturated carbocycles. The van der Waals surface area contributed by atoms with E-state index < -0.39 is 0 Å². The Morgan fingerprint density at radius 3 is 1.23 bits per heavy atom. The molecule has 0 unspecified atom stereocenters. The van der Waals surface area contributed by atoms with Crippen LogP contribution in [0, 0.1) is 0 Å². The van der Waals surface area contributed by atoms with Crippen molar-refractivity contribution in [2.24, 2.45) is 0 Å². The van der Waals surface area contributed by atoms with Crippen molar-refractivity contribution in [3.8, 4) is 0 Å². The average molecular weight is 608 g/mol. The molecule has 2 aromatic rings. The fraction of sp³-hybridized carbons (Fsp3) is 0.786. The fourth-order valence-electron chi connectivity index (χ4n) is 7.06. The largest absolute Gasteiger partial charge is 0.257 e. The van der Waals surface area contributed by atoms with Crippen LogP contribution in [0.25, 0.3) is 0 Å². The van der Waals surface area contributed by atoms with Crippen molar-refractivity contribution < 1.29 is 4.57 Å². The molecule has 2 rings (SSSR count). The molecule has 252 valence electrons. The van der Waals surface area contributed by atoms with Gasteiger partial charge in [-0.05, 0) is 18.4 Å². The van der Waals surface area contributed by atoms with Crippen molar-refractivity contribution in [3.63, 3.8) is 0 Å². The van der Waals surface area contributed by atoms with Gasteiger partial charge in [0.2, 0.25) is 0 Å². The van der Waals surface area contributed by atoms with Gasteiger partial charge in [-0.1, -0.05) is 218 Å². The van der Waals surface area contributed by atoms with Gasteiger partial charge in [-0.2, -0.15) is 0 Å². The van der Waals surface area contributed by atoms with Gasteiger partial charge in [0.1, 0.15) is 18.9 Å². The summed E-state index contributed by atoms with van der Waals surface area (Å²) in [5, 5.41) is 0. The van der Waals surface area contributed by atoms with E-state index in [9.17, 15) is 0 Å². The summed E-state index contributed by atoms with van der Waals surface area (Å²) in [6.07, 6.45) is 45.9. The van der Waals surface area contributed by atoms with Gasteiger partial charge in [0.25, 0.3) is 5.82 Å². The van der Waals surface area contributed by atoms with E-state index in [0.29, 0.717) is 5.92 Å². The van der Waals surface area contributed by atoms with E-state index in [1.54, 1.807) is 0 Å². The second-order valence-corrected chi connectivity index (χ2v) is 14.1. The van der Waals surface area contributed by atoms with E-state index in [1.165, 1.54) is 198 Å². The summed E-state index contributed by atoms with van der Waals surface area (Å²) < 4.78 is 2.49. The van der Waals surface area contributed by atoms with Crippen molar-refractivity contribution >= 4 is 0 Å². The zero-order chi connectivity index (χ0) is 31.2. The number of aromatic amines is 1. The highest BCUT2D eigenvalue weighted by Crippen LogP contribution is 2.26. The highest BCUT2D eigenvalue weighted by molar-refractivity contribution is 5.13. The second kappa shape index (κ2) is 28.9. The summed E-state index contributed by atoms with van der Waals surface area (Å²) in [7, 11) is 0. The van der Waals surface area contributed by atoms with Crippen LogP contribution in [0.1, 0.15) is 217 Å². The fourth-order valence-corrected chi connectivity index (χ4v) is 7.06. The van der Waals surface area contributed by atoms with E-state index in [0.717, 1.165) is 6.54 Å². The number of H-pyrrole nitrogens is 1. The molecule has 0 spiro atoms. The van der Waals surface area contributed by atoms with Gasteiger partial charge in [-0.3, -0.25) is 0 Å². The monoisotopic (exact) mass is 608 g/mol. The third kappa shape index (κ3) is 20.5. The van der Waals surface area contributed by atoms with Gasteiger partial charge in [0, 0.05) is 0 Å². The Labute approximate surface area is 275 Å². The number of hydrogen-bond acceptors (Lipinski definition) is 0. The van der Waals surface area contributed by atoms with Gasteiger partial charge in [-0.15, -0.1) is 0 Å². The van der Waals surface area contributed by atoms with Gasteiger partial charge < -0.3 is 0 Å². The van der Waals surface area contributed by atoms with Crippen LogP contribution < -0.4 is 4.57 Å². The Morgan fingerprint density at radius 1 is 0.477 bits per heavy atom. The van der Waals surface area contributed by atoms with Gasteiger partial charge in [0.15, 0.2) is 0 Å². The maximum Gasteiger partial charge on any atom is 0.257 e. The molecule has 1 N–H and O–H groups in total. The molecule has 0 amide bonds. The Morgan fingerprint density at radius 2 is 0.841 bits per heavy atom. The smallest absolute Gasteiger partial charge is 0.247 e. The summed E-state index contributed by atoms with van der Waals surface area (Å²) in [5.41, 5.74) is 1.40. The number of unbranched alkanes of at least 4 members (excludes halogenated alkanes) is 25. The van der Waals surface area contributed by atoms with Gasteiger partial charge >= 0.3 is 0 Å². The third-order valence-electron chi connectivity index (χ3n) is 9.94. The standard InChI is InChI=1S/C42H74N2/c1-3-5-7-9-11-13-15-17-19-21-23-25-27-32-36-41(42-43-37-38-44(42)39-40-33-29-28-30-34-40)35-31-26-24-22-20-18-16-14-12-10-8-6-4-2/h28-30,33-34,37-38,41H,3-27,31-32,35-36,39H2,1-2H3/p+1/t41-/m0/s1. The first-order valence-electron chi connectivity index (χ1n) is 20.0. The van der Waals surface area contributed by atoms with E-state index in [4.69, 9.17) is 0 Å². The van der Waals surface area contributed by atoms with Crippen LogP contribution in [0.3, 0.4) is 0 Å². The van der Waals surface area contributed by atoms with Crippen molar-refractivity contribution in [1.29, 1.82) is 0 Å². The van der Waals surface area contributed by atoms with Crippen LogP contribution >= 0.6 is 0 Å². The zero-order valence-corrected chi connectivity index (χ0v) is 29.8. The molecule has 1 heterocycles. The van der Waals surface area contributed by atoms with E-state index >= 15 is 0 Å². The molecule has 2 nitrogen and oxygen atoms in total. The first kappa shape index (κ1) is 38.6. The number of hydrogen-bond donors (Lipinski definition) is 1. The van der Waals surface area contributed by atoms with Crippen molar-refractivity contribution in [2.45, 2.75) is 213 Å². The Hall–Kier alpha value is -1.57. The Balaban J connectivity index is 1.62. The SMILES string of the molecule is CCCCCCCCCCCCCCCC[C@H](CCCCCCCCCCCCCCC)c1[nH]cc[n+]1Cc1ccccc1. The van der Waals surface area contributed by atoms with E-state index in [-0.39, 0.29) is 0 Å². The molecule has 1 atom stereocenters. The lowest BCUT2D eigenvalue weighted by Crippen LogP contribution is -2.38. The normalized spacial score (nSPS) is 12.2. The summed E-state index contributed by atoms with van der Waals surface area (Å²) >= 11 is 0. The molecule has 44 heavy (non-hydrogen) atoms. The lowest BCUT2D eigenvalue weighted by Gasteiger charge is -2.14. The van der Waals surface area contributed by atoms with Crippen molar-refractivity contribution in [3.05, 3.63) is 54.1 Å². The van der Waals surface area contributed by atoms with Gasteiger partial charge in [-0.25, -0.2) is 9.55 Å². The minimum Gasteiger partial charge on any atom is -0.247 e. The predicted molar refractivity (Wildman–Crippen MR) is 195 cm³/mol. The van der Waals surface area contributed by atoms with E-state index in [1.807, 2.05) is 0 Å². The quantitative estimate of drug-likeness (QED) is 0.0630. The van der Waals surface area contributed by atoms with Crippen LogP contribution in [0.4, 0.5) is 0 Å². The molecule has 1 aromatic heterocycles. The molecule has 0 saturated heterocycles. The number of aromatic nitrogens is 2.